The number of likely N-dealkylation sites (tertiary alicyclic amines) is 1. The number of nitrogens with one attached hydrogen (secondary N) is 1. The highest BCUT2D eigenvalue weighted by molar-refractivity contribution is 7.89. The summed E-state index contributed by atoms with van der Waals surface area (Å²) in [5.74, 6) is 0.858. The lowest BCUT2D eigenvalue weighted by Gasteiger charge is -2.17. The van der Waals surface area contributed by atoms with Crippen LogP contribution >= 0.6 is 11.6 Å². The minimum atomic E-state index is -3.64. The summed E-state index contributed by atoms with van der Waals surface area (Å²) >= 11 is 5.77. The standard InChI is InChI=1S/C19H24ClN3O3S/c1-14(2)26-18-6-3-15(4-7-18)12-23-10-9-17(13-23)22-27(24,25)19-8-5-16(20)11-21-19/h3-8,11,14,17,22H,9-10,12-13H2,1-2H3/t17-/m1/s1. The molecule has 0 saturated carbocycles. The van der Waals surface area contributed by atoms with Crippen molar-refractivity contribution in [3.05, 3.63) is 53.2 Å². The molecule has 1 aliphatic rings. The van der Waals surface area contributed by atoms with Crippen LogP contribution in [0.1, 0.15) is 25.8 Å². The molecule has 0 spiro atoms. The molecule has 0 aliphatic carbocycles. The molecule has 8 heteroatoms. The number of benzene rings is 1. The first-order valence-corrected chi connectivity index (χ1v) is 10.8. The number of rotatable bonds is 7. The molecular formula is C19H24ClN3O3S. The molecule has 2 heterocycles. The molecule has 0 radical (unpaired) electrons. The highest BCUT2D eigenvalue weighted by Gasteiger charge is 2.27. The average Bonchev–Trinajstić information content (AvgIpc) is 3.03. The molecule has 1 atom stereocenters. The zero-order valence-electron chi connectivity index (χ0n) is 15.4. The molecule has 1 aliphatic heterocycles. The predicted octanol–water partition coefficient (Wildman–Crippen LogP) is 3.08. The molecule has 3 rings (SSSR count). The number of nitrogens with zero attached hydrogens (tertiary/aromatic N) is 2. The molecule has 1 N–H and O–H groups in total. The Balaban J connectivity index is 1.54. The quantitative estimate of drug-likeness (QED) is 0.760. The molecule has 1 fully saturated rings. The summed E-state index contributed by atoms with van der Waals surface area (Å²) in [6.07, 6.45) is 2.25. The van der Waals surface area contributed by atoms with E-state index in [0.29, 0.717) is 11.6 Å². The van der Waals surface area contributed by atoms with E-state index in [-0.39, 0.29) is 17.2 Å². The molecule has 1 aromatic carbocycles. The van der Waals surface area contributed by atoms with Crippen molar-refractivity contribution < 1.29 is 13.2 Å². The van der Waals surface area contributed by atoms with Crippen LogP contribution in [0, 0.1) is 0 Å². The van der Waals surface area contributed by atoms with Crippen molar-refractivity contribution in [2.45, 2.75) is 44.0 Å². The van der Waals surface area contributed by atoms with E-state index in [1.807, 2.05) is 38.1 Å². The van der Waals surface area contributed by atoms with E-state index in [0.717, 1.165) is 25.3 Å². The predicted molar refractivity (Wildman–Crippen MR) is 105 cm³/mol. The van der Waals surface area contributed by atoms with Gasteiger partial charge in [-0.2, -0.15) is 0 Å². The largest absolute Gasteiger partial charge is 0.491 e. The van der Waals surface area contributed by atoms with Crippen molar-refractivity contribution >= 4 is 21.6 Å². The lowest BCUT2D eigenvalue weighted by atomic mass is 10.2. The maximum atomic E-state index is 12.4. The van der Waals surface area contributed by atoms with Crippen LogP contribution in [0.4, 0.5) is 0 Å². The summed E-state index contributed by atoms with van der Waals surface area (Å²) in [7, 11) is -3.64. The smallest absolute Gasteiger partial charge is 0.258 e. The second kappa shape index (κ2) is 8.56. The zero-order chi connectivity index (χ0) is 19.4. The average molecular weight is 410 g/mol. The maximum Gasteiger partial charge on any atom is 0.258 e. The van der Waals surface area contributed by atoms with Gasteiger partial charge in [-0.05, 0) is 50.1 Å². The first-order chi connectivity index (χ1) is 12.8. The highest BCUT2D eigenvalue weighted by Crippen LogP contribution is 2.19. The van der Waals surface area contributed by atoms with Crippen LogP contribution in [0.25, 0.3) is 0 Å². The van der Waals surface area contributed by atoms with E-state index in [1.165, 1.54) is 23.9 Å². The Kier molecular flexibility index (Phi) is 6.37. The number of ether oxygens (including phenoxy) is 1. The van der Waals surface area contributed by atoms with E-state index in [9.17, 15) is 8.42 Å². The van der Waals surface area contributed by atoms with E-state index in [1.54, 1.807) is 0 Å². The van der Waals surface area contributed by atoms with Gasteiger partial charge in [0.25, 0.3) is 10.0 Å². The lowest BCUT2D eigenvalue weighted by Crippen LogP contribution is -2.37. The normalized spacial score (nSPS) is 18.1. The first-order valence-electron chi connectivity index (χ1n) is 8.94. The Bertz CT molecular complexity index is 855. The van der Waals surface area contributed by atoms with Gasteiger partial charge in [-0.1, -0.05) is 23.7 Å². The van der Waals surface area contributed by atoms with Crippen molar-refractivity contribution in [2.24, 2.45) is 0 Å². The van der Waals surface area contributed by atoms with Crippen molar-refractivity contribution in [3.63, 3.8) is 0 Å². The molecule has 1 aromatic heterocycles. The third-order valence-electron chi connectivity index (χ3n) is 4.27. The summed E-state index contributed by atoms with van der Waals surface area (Å²) < 4.78 is 33.3. The molecule has 0 unspecified atom stereocenters. The second-order valence-corrected chi connectivity index (χ2v) is 9.06. The Hall–Kier alpha value is -1.67. The zero-order valence-corrected chi connectivity index (χ0v) is 17.0. The Labute approximate surface area is 165 Å². The second-order valence-electron chi connectivity index (χ2n) is 6.97. The summed E-state index contributed by atoms with van der Waals surface area (Å²) in [4.78, 5) is 6.14. The fraction of sp³-hybridized carbons (Fsp3) is 0.421. The third kappa shape index (κ3) is 5.65. The maximum absolute atomic E-state index is 12.4. The van der Waals surface area contributed by atoms with Crippen LogP contribution in [0.15, 0.2) is 47.6 Å². The van der Waals surface area contributed by atoms with Crippen molar-refractivity contribution in [3.8, 4) is 5.75 Å². The number of hydrogen-bond donors (Lipinski definition) is 1. The van der Waals surface area contributed by atoms with Crippen LogP contribution in [-0.2, 0) is 16.6 Å². The third-order valence-corrected chi connectivity index (χ3v) is 5.93. The van der Waals surface area contributed by atoms with Crippen molar-refractivity contribution in [2.75, 3.05) is 13.1 Å². The SMILES string of the molecule is CC(C)Oc1ccc(CN2CC[C@@H](NS(=O)(=O)c3ccc(Cl)cn3)C2)cc1. The van der Waals surface area contributed by atoms with Gasteiger partial charge in [0.15, 0.2) is 5.03 Å². The van der Waals surface area contributed by atoms with Crippen LogP contribution in [0.2, 0.25) is 5.02 Å². The van der Waals surface area contributed by atoms with Gasteiger partial charge in [0.05, 0.1) is 11.1 Å². The number of hydrogen-bond acceptors (Lipinski definition) is 5. The van der Waals surface area contributed by atoms with Gasteiger partial charge in [0.2, 0.25) is 0 Å². The number of halogens is 1. The summed E-state index contributed by atoms with van der Waals surface area (Å²) in [6, 6.07) is 10.8. The summed E-state index contributed by atoms with van der Waals surface area (Å²) in [5.41, 5.74) is 1.17. The molecule has 6 nitrogen and oxygen atoms in total. The van der Waals surface area contributed by atoms with E-state index in [4.69, 9.17) is 16.3 Å². The number of sulfonamides is 1. The molecule has 0 bridgehead atoms. The van der Waals surface area contributed by atoms with Crippen LogP contribution < -0.4 is 9.46 Å². The van der Waals surface area contributed by atoms with Gasteiger partial charge in [-0.15, -0.1) is 0 Å². The molecule has 2 aromatic rings. The van der Waals surface area contributed by atoms with E-state index in [2.05, 4.69) is 14.6 Å². The van der Waals surface area contributed by atoms with E-state index < -0.39 is 10.0 Å². The van der Waals surface area contributed by atoms with Gasteiger partial charge in [-0.25, -0.2) is 18.1 Å². The monoisotopic (exact) mass is 409 g/mol. The van der Waals surface area contributed by atoms with Gasteiger partial charge in [0.1, 0.15) is 5.75 Å². The highest BCUT2D eigenvalue weighted by atomic mass is 35.5. The van der Waals surface area contributed by atoms with Crippen LogP contribution in [0.3, 0.4) is 0 Å². The van der Waals surface area contributed by atoms with Gasteiger partial charge >= 0.3 is 0 Å². The fourth-order valence-electron chi connectivity index (χ4n) is 3.08. The van der Waals surface area contributed by atoms with Gasteiger partial charge < -0.3 is 4.74 Å². The molecule has 1 saturated heterocycles. The topological polar surface area (TPSA) is 71.5 Å². The van der Waals surface area contributed by atoms with E-state index >= 15 is 0 Å². The Morgan fingerprint density at radius 3 is 2.63 bits per heavy atom. The first kappa shape index (κ1) is 20.1. The minimum Gasteiger partial charge on any atom is -0.491 e. The molecule has 0 amide bonds. The Morgan fingerprint density at radius 1 is 1.26 bits per heavy atom. The Morgan fingerprint density at radius 2 is 2.00 bits per heavy atom. The van der Waals surface area contributed by atoms with Crippen LogP contribution in [0.5, 0.6) is 5.75 Å². The summed E-state index contributed by atoms with van der Waals surface area (Å²) in [6.45, 7) is 6.28. The molecule has 27 heavy (non-hydrogen) atoms. The van der Waals surface area contributed by atoms with Crippen molar-refractivity contribution in [1.29, 1.82) is 0 Å². The number of aromatic nitrogens is 1. The summed E-state index contributed by atoms with van der Waals surface area (Å²) in [5, 5.41) is 0.400. The minimum absolute atomic E-state index is 0.00825. The van der Waals surface area contributed by atoms with Crippen molar-refractivity contribution in [1.82, 2.24) is 14.6 Å². The molecular weight excluding hydrogens is 386 g/mol. The molecule has 146 valence electrons. The lowest BCUT2D eigenvalue weighted by molar-refractivity contribution is 0.242. The fourth-order valence-corrected chi connectivity index (χ4v) is 4.38. The number of pyridine rings is 1. The van der Waals surface area contributed by atoms with Gasteiger partial charge in [-0.3, -0.25) is 4.90 Å². The van der Waals surface area contributed by atoms with Crippen LogP contribution in [-0.4, -0.2) is 43.5 Å². The van der Waals surface area contributed by atoms with Gasteiger partial charge in [0, 0.05) is 31.9 Å².